The molecular formula is C13H20N2O3S. The second-order valence-corrected chi connectivity index (χ2v) is 7.79. The van der Waals surface area contributed by atoms with Gasteiger partial charge in [0.2, 0.25) is 0 Å². The molecule has 0 bridgehead atoms. The minimum Gasteiger partial charge on any atom is -0.444 e. The van der Waals surface area contributed by atoms with Crippen molar-refractivity contribution in [2.45, 2.75) is 49.8 Å². The van der Waals surface area contributed by atoms with Crippen molar-refractivity contribution < 1.29 is 12.8 Å². The summed E-state index contributed by atoms with van der Waals surface area (Å²) in [5, 5.41) is 2.92. The Morgan fingerprint density at radius 1 is 1.32 bits per heavy atom. The van der Waals surface area contributed by atoms with Crippen molar-refractivity contribution in [3.63, 3.8) is 0 Å². The average molecular weight is 284 g/mol. The van der Waals surface area contributed by atoms with Crippen LogP contribution in [0.15, 0.2) is 10.6 Å². The third-order valence-corrected chi connectivity index (χ3v) is 6.01. The van der Waals surface area contributed by atoms with Gasteiger partial charge in [0.15, 0.2) is 15.7 Å². The van der Waals surface area contributed by atoms with Crippen LogP contribution in [0.5, 0.6) is 0 Å². The summed E-state index contributed by atoms with van der Waals surface area (Å²) in [7, 11) is -3.04. The Kier molecular flexibility index (Phi) is 3.62. The van der Waals surface area contributed by atoms with E-state index in [4.69, 9.17) is 4.42 Å². The molecule has 0 radical (unpaired) electrons. The van der Waals surface area contributed by atoms with Crippen molar-refractivity contribution in [3.05, 3.63) is 17.8 Å². The van der Waals surface area contributed by atoms with E-state index in [0.717, 1.165) is 25.8 Å². The van der Waals surface area contributed by atoms with Gasteiger partial charge in [0.05, 0.1) is 11.9 Å². The van der Waals surface area contributed by atoms with Crippen molar-refractivity contribution in [1.29, 1.82) is 0 Å². The quantitative estimate of drug-likeness (QED) is 0.889. The highest BCUT2D eigenvalue weighted by atomic mass is 32.2. The molecule has 1 saturated heterocycles. The van der Waals surface area contributed by atoms with E-state index < -0.39 is 15.1 Å². The van der Waals surface area contributed by atoms with E-state index in [1.165, 1.54) is 12.8 Å². The maximum Gasteiger partial charge on any atom is 0.195 e. The van der Waals surface area contributed by atoms with E-state index in [2.05, 4.69) is 10.3 Å². The molecular weight excluding hydrogens is 264 g/mol. The molecule has 5 nitrogen and oxygen atoms in total. The Balaban J connectivity index is 1.62. The zero-order valence-corrected chi connectivity index (χ0v) is 11.8. The van der Waals surface area contributed by atoms with Gasteiger partial charge in [-0.25, -0.2) is 13.4 Å². The summed E-state index contributed by atoms with van der Waals surface area (Å²) in [4.78, 5) is 4.20. The van der Waals surface area contributed by atoms with Gasteiger partial charge in [-0.3, -0.25) is 0 Å². The van der Waals surface area contributed by atoms with Gasteiger partial charge in [0.25, 0.3) is 0 Å². The fourth-order valence-corrected chi connectivity index (χ4v) is 4.41. The second kappa shape index (κ2) is 5.25. The summed E-state index contributed by atoms with van der Waals surface area (Å²) in [5.74, 6) is 1.45. The number of hydrogen-bond acceptors (Lipinski definition) is 5. The first-order valence-electron chi connectivity index (χ1n) is 7.05. The molecule has 0 aromatic carbocycles. The van der Waals surface area contributed by atoms with Crippen LogP contribution in [0, 0.1) is 0 Å². The predicted octanol–water partition coefficient (Wildman–Crippen LogP) is 1.61. The Labute approximate surface area is 113 Å². The Morgan fingerprint density at radius 2 is 2.16 bits per heavy atom. The topological polar surface area (TPSA) is 72.2 Å². The summed E-state index contributed by atoms with van der Waals surface area (Å²) in [6.07, 6.45) is 7.23. The first-order valence-corrected chi connectivity index (χ1v) is 8.76. The molecule has 2 aliphatic rings. The fourth-order valence-electron chi connectivity index (χ4n) is 2.53. The molecule has 19 heavy (non-hydrogen) atoms. The highest BCUT2D eigenvalue weighted by Gasteiger charge is 2.33. The lowest BCUT2D eigenvalue weighted by Crippen LogP contribution is -2.21. The summed E-state index contributed by atoms with van der Waals surface area (Å²) in [5.41, 5.74) is 0. The van der Waals surface area contributed by atoms with Crippen molar-refractivity contribution in [2.24, 2.45) is 0 Å². The Bertz CT molecular complexity index is 534. The van der Waals surface area contributed by atoms with Crippen LogP contribution < -0.4 is 5.32 Å². The SMILES string of the molecule is O=S1(=O)CCCCC1c1cnc(CCNC2CC2)o1. The first kappa shape index (κ1) is 13.1. The fraction of sp³-hybridized carbons (Fsp3) is 0.769. The zero-order chi connectivity index (χ0) is 13.3. The molecule has 1 saturated carbocycles. The molecule has 0 spiro atoms. The smallest absolute Gasteiger partial charge is 0.195 e. The summed E-state index contributed by atoms with van der Waals surface area (Å²) < 4.78 is 29.6. The molecule has 1 unspecified atom stereocenters. The maximum atomic E-state index is 12.0. The lowest BCUT2D eigenvalue weighted by atomic mass is 10.1. The first-order chi connectivity index (χ1) is 9.15. The van der Waals surface area contributed by atoms with E-state index in [9.17, 15) is 8.42 Å². The maximum absolute atomic E-state index is 12.0. The minimum absolute atomic E-state index is 0.275. The number of nitrogens with one attached hydrogen (secondary N) is 1. The normalized spacial score (nSPS) is 26.4. The van der Waals surface area contributed by atoms with Gasteiger partial charge in [0.1, 0.15) is 11.0 Å². The Hall–Kier alpha value is -0.880. The largest absolute Gasteiger partial charge is 0.444 e. The zero-order valence-electron chi connectivity index (χ0n) is 11.0. The van der Waals surface area contributed by atoms with E-state index in [1.54, 1.807) is 6.20 Å². The molecule has 1 aliphatic carbocycles. The summed E-state index contributed by atoms with van der Waals surface area (Å²) >= 11 is 0. The van der Waals surface area contributed by atoms with Crippen LogP contribution in [-0.4, -0.2) is 31.7 Å². The molecule has 1 aromatic heterocycles. The van der Waals surface area contributed by atoms with Crippen LogP contribution in [0.1, 0.15) is 49.0 Å². The van der Waals surface area contributed by atoms with Crippen LogP contribution in [0.4, 0.5) is 0 Å². The summed E-state index contributed by atoms with van der Waals surface area (Å²) in [6.45, 7) is 0.849. The minimum atomic E-state index is -3.04. The van der Waals surface area contributed by atoms with E-state index in [1.807, 2.05) is 0 Å². The molecule has 2 fully saturated rings. The van der Waals surface area contributed by atoms with Crippen LogP contribution in [0.2, 0.25) is 0 Å². The van der Waals surface area contributed by atoms with Gasteiger partial charge in [-0.1, -0.05) is 6.42 Å². The number of aromatic nitrogens is 1. The van der Waals surface area contributed by atoms with Crippen LogP contribution in [-0.2, 0) is 16.3 Å². The number of rotatable bonds is 5. The Morgan fingerprint density at radius 3 is 2.89 bits per heavy atom. The van der Waals surface area contributed by atoms with E-state index in [0.29, 0.717) is 24.1 Å². The van der Waals surface area contributed by atoms with Crippen LogP contribution in [0.3, 0.4) is 0 Å². The number of nitrogens with zero attached hydrogens (tertiary/aromatic N) is 1. The van der Waals surface area contributed by atoms with E-state index in [-0.39, 0.29) is 5.75 Å². The van der Waals surface area contributed by atoms with Crippen LogP contribution in [0.25, 0.3) is 0 Å². The lowest BCUT2D eigenvalue weighted by molar-refractivity contribution is 0.426. The molecule has 106 valence electrons. The number of sulfone groups is 1. The highest BCUT2D eigenvalue weighted by molar-refractivity contribution is 7.91. The molecule has 1 aromatic rings. The van der Waals surface area contributed by atoms with Gasteiger partial charge in [-0.05, 0) is 25.7 Å². The molecule has 3 rings (SSSR count). The van der Waals surface area contributed by atoms with Crippen molar-refractivity contribution >= 4 is 9.84 Å². The van der Waals surface area contributed by atoms with Crippen molar-refractivity contribution in [3.8, 4) is 0 Å². The molecule has 1 atom stereocenters. The molecule has 1 N–H and O–H groups in total. The van der Waals surface area contributed by atoms with Crippen LogP contribution >= 0.6 is 0 Å². The summed E-state index contributed by atoms with van der Waals surface area (Å²) in [6, 6.07) is 0.674. The molecule has 6 heteroatoms. The number of hydrogen-bond donors (Lipinski definition) is 1. The van der Waals surface area contributed by atoms with Gasteiger partial charge in [-0.2, -0.15) is 0 Å². The standard InChI is InChI=1S/C13H20N2O3S/c16-19(17)8-2-1-3-12(19)11-9-15-13(18-11)6-7-14-10-4-5-10/h9-10,12,14H,1-8H2. The van der Waals surface area contributed by atoms with E-state index >= 15 is 0 Å². The third kappa shape index (κ3) is 3.17. The van der Waals surface area contributed by atoms with Gasteiger partial charge < -0.3 is 9.73 Å². The van der Waals surface area contributed by atoms with Gasteiger partial charge >= 0.3 is 0 Å². The third-order valence-electron chi connectivity index (χ3n) is 3.82. The lowest BCUT2D eigenvalue weighted by Gasteiger charge is -2.19. The molecule has 2 heterocycles. The van der Waals surface area contributed by atoms with Gasteiger partial charge in [0, 0.05) is 19.0 Å². The number of oxazole rings is 1. The predicted molar refractivity (Wildman–Crippen MR) is 71.6 cm³/mol. The highest BCUT2D eigenvalue weighted by Crippen LogP contribution is 2.33. The van der Waals surface area contributed by atoms with Crippen molar-refractivity contribution in [1.82, 2.24) is 10.3 Å². The molecule has 1 aliphatic heterocycles. The molecule has 0 amide bonds. The van der Waals surface area contributed by atoms with Crippen molar-refractivity contribution in [2.75, 3.05) is 12.3 Å². The monoisotopic (exact) mass is 284 g/mol. The average Bonchev–Trinajstić information content (AvgIpc) is 3.07. The second-order valence-electron chi connectivity index (χ2n) is 5.49. The van der Waals surface area contributed by atoms with Gasteiger partial charge in [-0.15, -0.1) is 0 Å².